The van der Waals surface area contributed by atoms with Crippen LogP contribution in [0.2, 0.25) is 0 Å². The molecule has 150 valence electrons. The van der Waals surface area contributed by atoms with Crippen molar-refractivity contribution in [2.45, 2.75) is 13.5 Å². The van der Waals surface area contributed by atoms with Crippen LogP contribution in [0, 0.1) is 0 Å². The zero-order valence-corrected chi connectivity index (χ0v) is 15.5. The van der Waals surface area contributed by atoms with Crippen LogP contribution >= 0.6 is 0 Å². The summed E-state index contributed by atoms with van der Waals surface area (Å²) < 4.78 is 11.2. The summed E-state index contributed by atoms with van der Waals surface area (Å²) in [6, 6.07) is 9.83. The molecular weight excluding hydrogens is 380 g/mol. The SMILES string of the molecule is CCOC(=O)Cn1c(O)c(N=NC(=O)CNC(=O)c2ccco2)c2ccccc21. The summed E-state index contributed by atoms with van der Waals surface area (Å²) in [7, 11) is 0. The molecular formula is C19H18N4O6. The molecule has 0 atom stereocenters. The third-order valence-corrected chi connectivity index (χ3v) is 3.92. The van der Waals surface area contributed by atoms with Crippen LogP contribution < -0.4 is 5.32 Å². The van der Waals surface area contributed by atoms with Gasteiger partial charge < -0.3 is 19.6 Å². The van der Waals surface area contributed by atoms with E-state index in [9.17, 15) is 19.5 Å². The van der Waals surface area contributed by atoms with Crippen molar-refractivity contribution in [1.82, 2.24) is 9.88 Å². The number of furan rings is 1. The van der Waals surface area contributed by atoms with Gasteiger partial charge in [-0.1, -0.05) is 18.2 Å². The average molecular weight is 398 g/mol. The van der Waals surface area contributed by atoms with Crippen molar-refractivity contribution < 1.29 is 28.6 Å². The Hall–Kier alpha value is -3.95. The number of rotatable bonds is 7. The van der Waals surface area contributed by atoms with Gasteiger partial charge in [0.15, 0.2) is 11.4 Å². The standard InChI is InChI=1S/C19H18N4O6/c1-2-28-16(25)11-23-13-7-4-3-6-12(13)17(19(23)27)22-21-15(24)10-20-18(26)14-8-5-9-29-14/h3-9,27H,2,10-11H2,1H3,(H,20,26). The molecule has 3 rings (SSSR count). The van der Waals surface area contributed by atoms with E-state index in [4.69, 9.17) is 9.15 Å². The molecule has 0 spiro atoms. The molecule has 0 aliphatic carbocycles. The Bertz CT molecular complexity index is 1070. The average Bonchev–Trinajstić information content (AvgIpc) is 3.33. The lowest BCUT2D eigenvalue weighted by Crippen LogP contribution is -2.28. The number of hydrogen-bond donors (Lipinski definition) is 2. The molecule has 0 aliphatic rings. The second kappa shape index (κ2) is 8.83. The normalized spacial score (nSPS) is 11.1. The van der Waals surface area contributed by atoms with E-state index in [2.05, 4.69) is 15.5 Å². The summed E-state index contributed by atoms with van der Waals surface area (Å²) >= 11 is 0. The summed E-state index contributed by atoms with van der Waals surface area (Å²) in [6.45, 7) is 1.28. The minimum atomic E-state index is -0.730. The number of aromatic nitrogens is 1. The first kappa shape index (κ1) is 19.8. The highest BCUT2D eigenvalue weighted by Crippen LogP contribution is 2.38. The highest BCUT2D eigenvalue weighted by atomic mass is 16.5. The van der Waals surface area contributed by atoms with E-state index in [0.717, 1.165) is 0 Å². The van der Waals surface area contributed by atoms with Crippen molar-refractivity contribution in [3.05, 3.63) is 48.4 Å². The van der Waals surface area contributed by atoms with Gasteiger partial charge in [-0.2, -0.15) is 0 Å². The minimum Gasteiger partial charge on any atom is -0.493 e. The number of fused-ring (bicyclic) bond motifs is 1. The first-order valence-corrected chi connectivity index (χ1v) is 8.73. The predicted octanol–water partition coefficient (Wildman–Crippen LogP) is 2.54. The van der Waals surface area contributed by atoms with Gasteiger partial charge >= 0.3 is 5.97 Å². The van der Waals surface area contributed by atoms with E-state index < -0.39 is 24.3 Å². The van der Waals surface area contributed by atoms with E-state index in [1.807, 2.05) is 0 Å². The number of nitrogens with zero attached hydrogens (tertiary/aromatic N) is 3. The van der Waals surface area contributed by atoms with Crippen LogP contribution in [0.15, 0.2) is 57.3 Å². The summed E-state index contributed by atoms with van der Waals surface area (Å²) in [6.07, 6.45) is 1.34. The predicted molar refractivity (Wildman–Crippen MR) is 101 cm³/mol. The number of carbonyl (C=O) groups is 3. The summed E-state index contributed by atoms with van der Waals surface area (Å²) in [5, 5.41) is 20.7. The highest BCUT2D eigenvalue weighted by Gasteiger charge is 2.19. The molecule has 10 nitrogen and oxygen atoms in total. The number of benzene rings is 1. The van der Waals surface area contributed by atoms with Crippen LogP contribution in [-0.4, -0.2) is 40.6 Å². The molecule has 2 N–H and O–H groups in total. The van der Waals surface area contributed by atoms with E-state index >= 15 is 0 Å². The number of carbonyl (C=O) groups excluding carboxylic acids is 3. The molecule has 2 heterocycles. The van der Waals surface area contributed by atoms with Gasteiger partial charge in [-0.25, -0.2) is 0 Å². The number of ether oxygens (including phenoxy) is 1. The van der Waals surface area contributed by atoms with Gasteiger partial charge in [-0.3, -0.25) is 19.0 Å². The van der Waals surface area contributed by atoms with Gasteiger partial charge in [0.25, 0.3) is 11.8 Å². The van der Waals surface area contributed by atoms with Gasteiger partial charge in [0.05, 0.1) is 18.4 Å². The number of hydrogen-bond acceptors (Lipinski definition) is 7. The van der Waals surface area contributed by atoms with Gasteiger partial charge in [0, 0.05) is 5.39 Å². The van der Waals surface area contributed by atoms with Crippen molar-refractivity contribution in [3.8, 4) is 5.88 Å². The zero-order valence-electron chi connectivity index (χ0n) is 15.5. The lowest BCUT2D eigenvalue weighted by Gasteiger charge is -2.06. The highest BCUT2D eigenvalue weighted by molar-refractivity contribution is 5.96. The molecule has 2 aromatic heterocycles. The van der Waals surface area contributed by atoms with Gasteiger partial charge in [-0.15, -0.1) is 10.2 Å². The first-order valence-electron chi connectivity index (χ1n) is 8.73. The molecule has 0 saturated carbocycles. The summed E-state index contributed by atoms with van der Waals surface area (Å²) in [4.78, 5) is 35.5. The number of aromatic hydroxyl groups is 1. The molecule has 3 aromatic rings. The Labute approximate surface area is 164 Å². The third-order valence-electron chi connectivity index (χ3n) is 3.92. The van der Waals surface area contributed by atoms with Crippen LogP contribution in [0.3, 0.4) is 0 Å². The van der Waals surface area contributed by atoms with Crippen molar-refractivity contribution in [3.63, 3.8) is 0 Å². The number of esters is 1. The van der Waals surface area contributed by atoms with E-state index in [1.165, 1.54) is 16.9 Å². The van der Waals surface area contributed by atoms with E-state index in [0.29, 0.717) is 10.9 Å². The molecule has 0 saturated heterocycles. The van der Waals surface area contributed by atoms with Crippen molar-refractivity contribution >= 4 is 34.4 Å². The third kappa shape index (κ3) is 4.49. The van der Waals surface area contributed by atoms with Crippen molar-refractivity contribution in [2.24, 2.45) is 10.2 Å². The molecule has 0 unspecified atom stereocenters. The second-order valence-corrected chi connectivity index (χ2v) is 5.83. The smallest absolute Gasteiger partial charge is 0.326 e. The second-order valence-electron chi connectivity index (χ2n) is 5.83. The van der Waals surface area contributed by atoms with Gasteiger partial charge in [0.2, 0.25) is 5.88 Å². The van der Waals surface area contributed by atoms with Gasteiger partial charge in [0.1, 0.15) is 13.1 Å². The van der Waals surface area contributed by atoms with Crippen molar-refractivity contribution in [1.29, 1.82) is 0 Å². The quantitative estimate of drug-likeness (QED) is 0.464. The number of amides is 2. The molecule has 0 bridgehead atoms. The van der Waals surface area contributed by atoms with E-state index in [1.54, 1.807) is 37.3 Å². The van der Waals surface area contributed by atoms with Crippen LogP contribution in [0.5, 0.6) is 5.88 Å². The Morgan fingerprint density at radius 3 is 2.72 bits per heavy atom. The lowest BCUT2D eigenvalue weighted by molar-refractivity contribution is -0.143. The van der Waals surface area contributed by atoms with Gasteiger partial charge in [-0.05, 0) is 25.1 Å². The maximum Gasteiger partial charge on any atom is 0.326 e. The number of para-hydroxylation sites is 1. The summed E-state index contributed by atoms with van der Waals surface area (Å²) in [5.74, 6) is -2.08. The number of azo groups is 1. The molecule has 0 aliphatic heterocycles. The molecule has 0 radical (unpaired) electrons. The van der Waals surface area contributed by atoms with Crippen LogP contribution in [0.1, 0.15) is 17.5 Å². The monoisotopic (exact) mass is 398 g/mol. The molecule has 0 fully saturated rings. The Morgan fingerprint density at radius 1 is 1.21 bits per heavy atom. The van der Waals surface area contributed by atoms with E-state index in [-0.39, 0.29) is 30.5 Å². The maximum atomic E-state index is 11.9. The Balaban J connectivity index is 1.76. The van der Waals surface area contributed by atoms with Crippen LogP contribution in [0.25, 0.3) is 10.9 Å². The number of nitrogens with one attached hydrogen (secondary N) is 1. The molecule has 29 heavy (non-hydrogen) atoms. The molecule has 2 amide bonds. The fourth-order valence-corrected chi connectivity index (χ4v) is 2.66. The largest absolute Gasteiger partial charge is 0.493 e. The molecule has 1 aromatic carbocycles. The van der Waals surface area contributed by atoms with Crippen LogP contribution in [0.4, 0.5) is 5.69 Å². The molecule has 10 heteroatoms. The topological polar surface area (TPSA) is 135 Å². The Morgan fingerprint density at radius 2 is 2.00 bits per heavy atom. The first-order chi connectivity index (χ1) is 14.0. The fraction of sp³-hybridized carbons (Fsp3) is 0.211. The fourth-order valence-electron chi connectivity index (χ4n) is 2.66. The zero-order chi connectivity index (χ0) is 20.8. The Kier molecular flexibility index (Phi) is 6.03. The van der Waals surface area contributed by atoms with Crippen LogP contribution in [-0.2, 0) is 20.9 Å². The lowest BCUT2D eigenvalue weighted by atomic mass is 10.2. The summed E-state index contributed by atoms with van der Waals surface area (Å²) in [5.41, 5.74) is 0.571. The minimum absolute atomic E-state index is 0.0376. The maximum absolute atomic E-state index is 11.9. The van der Waals surface area contributed by atoms with Crippen molar-refractivity contribution in [2.75, 3.05) is 13.2 Å².